The number of imidazole rings is 1. The van der Waals surface area contributed by atoms with Crippen molar-refractivity contribution in [3.05, 3.63) is 65.7 Å². The summed E-state index contributed by atoms with van der Waals surface area (Å²) in [5.41, 5.74) is 6.99. The molecular weight excluding hydrogens is 432 g/mol. The lowest BCUT2D eigenvalue weighted by molar-refractivity contribution is -0.659. The van der Waals surface area contributed by atoms with Crippen LogP contribution in [0.5, 0.6) is 0 Å². The molecule has 0 aliphatic heterocycles. The molecule has 0 radical (unpaired) electrons. The van der Waals surface area contributed by atoms with Gasteiger partial charge in [0.15, 0.2) is 11.4 Å². The van der Waals surface area contributed by atoms with Gasteiger partial charge in [-0.15, -0.1) is 0 Å². The van der Waals surface area contributed by atoms with Gasteiger partial charge in [-0.05, 0) is 30.7 Å². The Kier molecular flexibility index (Phi) is 5.17. The molecule has 35 heavy (non-hydrogen) atoms. The summed E-state index contributed by atoms with van der Waals surface area (Å²) < 4.78 is 10.9. The molecule has 5 heteroatoms. The molecule has 5 nitrogen and oxygen atoms in total. The Bertz CT molecular complexity index is 1540. The van der Waals surface area contributed by atoms with Gasteiger partial charge in [0.05, 0.1) is 25.5 Å². The third kappa shape index (κ3) is 3.93. The summed E-state index contributed by atoms with van der Waals surface area (Å²) in [6.45, 7) is 15.3. The van der Waals surface area contributed by atoms with E-state index < -0.39 is 0 Å². The summed E-state index contributed by atoms with van der Waals surface area (Å²) in [6.07, 6.45) is 4.14. The predicted octanol–water partition coefficient (Wildman–Crippen LogP) is 6.78. The second-order valence-electron chi connectivity index (χ2n) is 11.8. The summed E-state index contributed by atoms with van der Waals surface area (Å²) in [5, 5.41) is 2.22. The van der Waals surface area contributed by atoms with Crippen LogP contribution in [0, 0.1) is 6.92 Å². The van der Waals surface area contributed by atoms with Gasteiger partial charge in [0.1, 0.15) is 23.5 Å². The van der Waals surface area contributed by atoms with Crippen LogP contribution in [0.4, 0.5) is 0 Å². The van der Waals surface area contributed by atoms with Crippen LogP contribution >= 0.6 is 0 Å². The van der Waals surface area contributed by atoms with Crippen LogP contribution in [-0.4, -0.2) is 14.5 Å². The highest BCUT2D eigenvalue weighted by Crippen LogP contribution is 2.38. The highest BCUT2D eigenvalue weighted by Gasteiger charge is 2.25. The van der Waals surface area contributed by atoms with E-state index in [9.17, 15) is 0 Å². The van der Waals surface area contributed by atoms with Gasteiger partial charge in [0.2, 0.25) is 0 Å². The molecule has 0 aliphatic carbocycles. The van der Waals surface area contributed by atoms with Gasteiger partial charge in [0.25, 0.3) is 5.82 Å². The van der Waals surface area contributed by atoms with Gasteiger partial charge in [-0.3, -0.25) is 0 Å². The van der Waals surface area contributed by atoms with Crippen molar-refractivity contribution in [2.45, 2.75) is 59.3 Å². The number of aryl methyl sites for hydroxylation is 3. The molecular formula is C30H35N4O+. The van der Waals surface area contributed by atoms with E-state index in [0.29, 0.717) is 0 Å². The second-order valence-corrected chi connectivity index (χ2v) is 11.8. The van der Waals surface area contributed by atoms with Gasteiger partial charge in [-0.2, -0.15) is 0 Å². The summed E-state index contributed by atoms with van der Waals surface area (Å²) in [7, 11) is 4.14. The SMILES string of the molecule is Cc1ccc2c(oc3cc(-c4nc(C(C)(C)C)cc(C(C)(C)C)n4)ccc32)c1-c1n(C)cc[n+]1C. The lowest BCUT2D eigenvalue weighted by atomic mass is 9.86. The third-order valence-corrected chi connectivity index (χ3v) is 6.78. The van der Waals surface area contributed by atoms with Crippen molar-refractivity contribution < 1.29 is 8.98 Å². The summed E-state index contributed by atoms with van der Waals surface area (Å²) in [5.74, 6) is 1.86. The minimum atomic E-state index is -0.0713. The molecule has 0 atom stereocenters. The Balaban J connectivity index is 1.74. The van der Waals surface area contributed by atoms with E-state index in [1.807, 2.05) is 0 Å². The number of rotatable bonds is 2. The van der Waals surface area contributed by atoms with E-state index in [-0.39, 0.29) is 10.8 Å². The number of hydrogen-bond acceptors (Lipinski definition) is 3. The maximum Gasteiger partial charge on any atom is 0.292 e. The van der Waals surface area contributed by atoms with Crippen LogP contribution in [0.1, 0.15) is 58.5 Å². The van der Waals surface area contributed by atoms with Crippen LogP contribution < -0.4 is 4.57 Å². The van der Waals surface area contributed by atoms with E-state index >= 15 is 0 Å². The van der Waals surface area contributed by atoms with E-state index in [1.165, 1.54) is 5.56 Å². The van der Waals surface area contributed by atoms with Gasteiger partial charge in [-0.25, -0.2) is 19.1 Å². The lowest BCUT2D eigenvalue weighted by Crippen LogP contribution is -2.29. The molecule has 5 rings (SSSR count). The lowest BCUT2D eigenvalue weighted by Gasteiger charge is -2.24. The number of benzene rings is 2. The molecule has 0 fully saturated rings. The standard InChI is InChI=1S/C30H35N4O/c1-18-10-12-21-20-13-11-19(27-31-23(29(2,3)4)17-24(32-27)30(5,6)7)16-22(20)35-26(21)25(18)28-33(8)14-15-34(28)9/h10-17H,1-9H3/q+1. The quantitative estimate of drug-likeness (QED) is 0.269. The zero-order valence-electron chi connectivity index (χ0n) is 22.3. The monoisotopic (exact) mass is 467 g/mol. The topological polar surface area (TPSA) is 47.7 Å². The first-order valence-electron chi connectivity index (χ1n) is 12.2. The van der Waals surface area contributed by atoms with Crippen molar-refractivity contribution >= 4 is 21.9 Å². The zero-order chi connectivity index (χ0) is 25.3. The van der Waals surface area contributed by atoms with E-state index in [1.54, 1.807) is 0 Å². The second kappa shape index (κ2) is 7.77. The van der Waals surface area contributed by atoms with Crippen LogP contribution in [0.2, 0.25) is 0 Å². The molecule has 0 N–H and O–H groups in total. The first-order valence-corrected chi connectivity index (χ1v) is 12.2. The average molecular weight is 468 g/mol. The zero-order valence-corrected chi connectivity index (χ0v) is 22.3. The fourth-order valence-electron chi connectivity index (χ4n) is 4.64. The largest absolute Gasteiger partial charge is 0.455 e. The van der Waals surface area contributed by atoms with Gasteiger partial charge in [0, 0.05) is 27.2 Å². The molecule has 3 aromatic heterocycles. The number of furan rings is 1. The molecule has 180 valence electrons. The minimum absolute atomic E-state index is 0.0713. The maximum atomic E-state index is 6.57. The van der Waals surface area contributed by atoms with Crippen molar-refractivity contribution in [3.8, 4) is 22.8 Å². The van der Waals surface area contributed by atoms with Crippen molar-refractivity contribution in [1.82, 2.24) is 14.5 Å². The molecule has 0 saturated carbocycles. The fourth-order valence-corrected chi connectivity index (χ4v) is 4.64. The predicted molar refractivity (Wildman–Crippen MR) is 142 cm³/mol. The van der Waals surface area contributed by atoms with Crippen LogP contribution in [0.25, 0.3) is 44.7 Å². The van der Waals surface area contributed by atoms with Crippen LogP contribution in [0.3, 0.4) is 0 Å². The fraction of sp³-hybridized carbons (Fsp3) is 0.367. The molecule has 3 heterocycles. The van der Waals surface area contributed by atoms with Gasteiger partial charge < -0.3 is 4.42 Å². The number of fused-ring (bicyclic) bond motifs is 3. The highest BCUT2D eigenvalue weighted by atomic mass is 16.3. The first-order chi connectivity index (χ1) is 16.3. The first kappa shape index (κ1) is 23.3. The Morgan fingerprint density at radius 2 is 1.49 bits per heavy atom. The minimum Gasteiger partial charge on any atom is -0.455 e. The van der Waals surface area contributed by atoms with Crippen LogP contribution in [-0.2, 0) is 24.9 Å². The Morgan fingerprint density at radius 3 is 2.06 bits per heavy atom. The molecule has 0 saturated heterocycles. The number of aromatic nitrogens is 4. The van der Waals surface area contributed by atoms with Crippen molar-refractivity contribution in [2.24, 2.45) is 14.1 Å². The third-order valence-electron chi connectivity index (χ3n) is 6.78. The van der Waals surface area contributed by atoms with Gasteiger partial charge >= 0.3 is 0 Å². The molecule has 0 aliphatic rings. The molecule has 0 bridgehead atoms. The Hall–Kier alpha value is -3.47. The van der Waals surface area contributed by atoms with E-state index in [4.69, 9.17) is 14.4 Å². The molecule has 0 spiro atoms. The normalized spacial score (nSPS) is 12.7. The molecule has 5 aromatic rings. The number of nitrogens with zero attached hydrogens (tertiary/aromatic N) is 4. The molecule has 2 aromatic carbocycles. The van der Waals surface area contributed by atoms with Crippen molar-refractivity contribution in [1.29, 1.82) is 0 Å². The Morgan fingerprint density at radius 1 is 0.857 bits per heavy atom. The van der Waals surface area contributed by atoms with Gasteiger partial charge in [-0.1, -0.05) is 59.7 Å². The smallest absolute Gasteiger partial charge is 0.292 e. The molecule has 0 amide bonds. The highest BCUT2D eigenvalue weighted by molar-refractivity contribution is 6.10. The maximum absolute atomic E-state index is 6.57. The number of hydrogen-bond donors (Lipinski definition) is 0. The van der Waals surface area contributed by atoms with E-state index in [2.05, 4.69) is 120 Å². The van der Waals surface area contributed by atoms with Crippen molar-refractivity contribution in [2.75, 3.05) is 0 Å². The summed E-state index contributed by atoms with van der Waals surface area (Å²) in [6, 6.07) is 12.8. The molecule has 0 unspecified atom stereocenters. The van der Waals surface area contributed by atoms with E-state index in [0.717, 1.165) is 56.1 Å². The summed E-state index contributed by atoms with van der Waals surface area (Å²) in [4.78, 5) is 9.97. The summed E-state index contributed by atoms with van der Waals surface area (Å²) >= 11 is 0. The Labute approximate surface area is 207 Å². The average Bonchev–Trinajstić information content (AvgIpc) is 3.31. The van der Waals surface area contributed by atoms with Crippen LogP contribution in [0.15, 0.2) is 53.2 Å². The van der Waals surface area contributed by atoms with Crippen molar-refractivity contribution in [3.63, 3.8) is 0 Å².